The Morgan fingerprint density at radius 1 is 1.11 bits per heavy atom. The molecule has 0 saturated carbocycles. The van der Waals surface area contributed by atoms with Crippen LogP contribution >= 0.6 is 0 Å². The molecule has 3 heterocycles. The number of carbonyl (C=O) groups excluding carboxylic acids is 2. The van der Waals surface area contributed by atoms with Gasteiger partial charge in [0.15, 0.2) is 5.76 Å². The highest BCUT2D eigenvalue weighted by molar-refractivity contribution is 6.05. The van der Waals surface area contributed by atoms with Crippen LogP contribution in [0.2, 0.25) is 0 Å². The van der Waals surface area contributed by atoms with Crippen molar-refractivity contribution >= 4 is 23.2 Å². The summed E-state index contributed by atoms with van der Waals surface area (Å²) in [7, 11) is 0. The molecular formula is C20H17N3O4. The minimum atomic E-state index is -0.364. The number of benzene rings is 1. The van der Waals surface area contributed by atoms with E-state index < -0.39 is 0 Å². The lowest BCUT2D eigenvalue weighted by Crippen LogP contribution is -2.26. The zero-order chi connectivity index (χ0) is 18.8. The van der Waals surface area contributed by atoms with E-state index in [9.17, 15) is 9.59 Å². The summed E-state index contributed by atoms with van der Waals surface area (Å²) in [5.74, 6) is 0.369. The second kappa shape index (κ2) is 6.95. The van der Waals surface area contributed by atoms with Gasteiger partial charge in [-0.1, -0.05) is 12.1 Å². The van der Waals surface area contributed by atoms with Crippen molar-refractivity contribution in [1.82, 2.24) is 5.01 Å². The SMILES string of the molecule is CC(=O)Nc1cccc(C2=NN(C(=O)c3ccco3)C(c3ccco3)C2)c1. The Morgan fingerprint density at radius 3 is 2.63 bits per heavy atom. The van der Waals surface area contributed by atoms with Crippen LogP contribution in [-0.4, -0.2) is 22.5 Å². The molecule has 4 rings (SSSR count). The lowest BCUT2D eigenvalue weighted by atomic mass is 10.0. The Hall–Kier alpha value is -3.61. The molecule has 0 aliphatic carbocycles. The van der Waals surface area contributed by atoms with Gasteiger partial charge in [0, 0.05) is 19.0 Å². The van der Waals surface area contributed by atoms with E-state index in [2.05, 4.69) is 10.4 Å². The maximum Gasteiger partial charge on any atom is 0.310 e. The quantitative estimate of drug-likeness (QED) is 0.763. The summed E-state index contributed by atoms with van der Waals surface area (Å²) in [6.07, 6.45) is 3.51. The standard InChI is InChI=1S/C20H17N3O4/c1-13(24)21-15-6-2-5-14(11-15)16-12-17(18-7-3-9-26-18)23(22-16)20(25)19-8-4-10-27-19/h2-11,17H,12H2,1H3,(H,21,24). The molecule has 2 amide bonds. The first-order valence-corrected chi connectivity index (χ1v) is 8.48. The van der Waals surface area contributed by atoms with Crippen molar-refractivity contribution in [3.8, 4) is 0 Å². The van der Waals surface area contributed by atoms with Gasteiger partial charge in [0.25, 0.3) is 0 Å². The molecule has 3 aromatic rings. The number of carbonyl (C=O) groups is 2. The van der Waals surface area contributed by atoms with Gasteiger partial charge in [-0.25, -0.2) is 5.01 Å². The van der Waals surface area contributed by atoms with E-state index in [1.165, 1.54) is 18.2 Å². The molecule has 1 atom stereocenters. The average molecular weight is 363 g/mol. The summed E-state index contributed by atoms with van der Waals surface area (Å²) < 4.78 is 10.8. The van der Waals surface area contributed by atoms with E-state index in [4.69, 9.17) is 8.83 Å². The number of hydrogen-bond acceptors (Lipinski definition) is 5. The van der Waals surface area contributed by atoms with Crippen molar-refractivity contribution in [2.75, 3.05) is 5.32 Å². The summed E-state index contributed by atoms with van der Waals surface area (Å²) in [5, 5.41) is 8.68. The molecule has 7 heteroatoms. The van der Waals surface area contributed by atoms with Crippen molar-refractivity contribution in [3.05, 3.63) is 78.1 Å². The normalized spacial score (nSPS) is 16.3. The van der Waals surface area contributed by atoms with Crippen LogP contribution in [0.5, 0.6) is 0 Å². The van der Waals surface area contributed by atoms with Gasteiger partial charge in [0.05, 0.1) is 18.2 Å². The Labute approximate surface area is 155 Å². The van der Waals surface area contributed by atoms with E-state index in [1.807, 2.05) is 24.3 Å². The van der Waals surface area contributed by atoms with Crippen LogP contribution in [0.4, 0.5) is 5.69 Å². The summed E-state index contributed by atoms with van der Waals surface area (Å²) in [6, 6.07) is 13.9. The van der Waals surface area contributed by atoms with Crippen molar-refractivity contribution in [3.63, 3.8) is 0 Å². The van der Waals surface area contributed by atoms with Crippen molar-refractivity contribution in [1.29, 1.82) is 0 Å². The van der Waals surface area contributed by atoms with Crippen LogP contribution in [0, 0.1) is 0 Å². The van der Waals surface area contributed by atoms with E-state index >= 15 is 0 Å². The van der Waals surface area contributed by atoms with Gasteiger partial charge < -0.3 is 14.2 Å². The van der Waals surface area contributed by atoms with Gasteiger partial charge in [-0.3, -0.25) is 9.59 Å². The molecule has 1 unspecified atom stereocenters. The van der Waals surface area contributed by atoms with Gasteiger partial charge in [0.2, 0.25) is 5.91 Å². The first-order valence-electron chi connectivity index (χ1n) is 8.48. The summed E-state index contributed by atoms with van der Waals surface area (Å²) >= 11 is 0. The highest BCUT2D eigenvalue weighted by Crippen LogP contribution is 2.34. The fourth-order valence-corrected chi connectivity index (χ4v) is 3.07. The number of amides is 2. The largest absolute Gasteiger partial charge is 0.467 e. The molecule has 0 spiro atoms. The highest BCUT2D eigenvalue weighted by Gasteiger charge is 2.36. The number of nitrogens with one attached hydrogen (secondary N) is 1. The summed E-state index contributed by atoms with van der Waals surface area (Å²) in [5.41, 5.74) is 2.23. The molecule has 1 aromatic carbocycles. The molecule has 136 valence electrons. The van der Waals surface area contributed by atoms with Crippen molar-refractivity contribution in [2.24, 2.45) is 5.10 Å². The predicted molar refractivity (Wildman–Crippen MR) is 98.2 cm³/mol. The maximum absolute atomic E-state index is 12.8. The van der Waals surface area contributed by atoms with Crippen LogP contribution in [0.3, 0.4) is 0 Å². The van der Waals surface area contributed by atoms with E-state index in [-0.39, 0.29) is 23.6 Å². The zero-order valence-corrected chi connectivity index (χ0v) is 14.6. The molecule has 27 heavy (non-hydrogen) atoms. The highest BCUT2D eigenvalue weighted by atomic mass is 16.3. The Bertz CT molecular complexity index is 990. The fourth-order valence-electron chi connectivity index (χ4n) is 3.07. The van der Waals surface area contributed by atoms with Crippen LogP contribution in [0.15, 0.2) is 75.0 Å². The molecule has 7 nitrogen and oxygen atoms in total. The van der Waals surface area contributed by atoms with E-state index in [0.717, 1.165) is 11.3 Å². The minimum Gasteiger partial charge on any atom is -0.467 e. The first kappa shape index (κ1) is 16.8. The Kier molecular flexibility index (Phi) is 4.33. The van der Waals surface area contributed by atoms with Gasteiger partial charge >= 0.3 is 5.91 Å². The molecule has 0 radical (unpaired) electrons. The number of hydrazone groups is 1. The topological polar surface area (TPSA) is 88.0 Å². The second-order valence-corrected chi connectivity index (χ2v) is 6.17. The molecule has 1 aliphatic rings. The monoisotopic (exact) mass is 363 g/mol. The maximum atomic E-state index is 12.8. The summed E-state index contributed by atoms with van der Waals surface area (Å²) in [4.78, 5) is 24.1. The smallest absolute Gasteiger partial charge is 0.310 e. The number of nitrogens with zero attached hydrogens (tertiary/aromatic N) is 2. The first-order chi connectivity index (χ1) is 13.1. The van der Waals surface area contributed by atoms with Gasteiger partial charge in [-0.2, -0.15) is 5.10 Å². The number of rotatable bonds is 4. The molecule has 2 aromatic heterocycles. The molecule has 1 aliphatic heterocycles. The third-order valence-electron chi connectivity index (χ3n) is 4.24. The van der Waals surface area contributed by atoms with Crippen molar-refractivity contribution in [2.45, 2.75) is 19.4 Å². The van der Waals surface area contributed by atoms with Gasteiger partial charge in [0.1, 0.15) is 11.8 Å². The number of furan rings is 2. The minimum absolute atomic E-state index is 0.149. The van der Waals surface area contributed by atoms with Gasteiger partial charge in [-0.05, 0) is 42.0 Å². The third-order valence-corrected chi connectivity index (χ3v) is 4.24. The fraction of sp³-hybridized carbons (Fsp3) is 0.150. The van der Waals surface area contributed by atoms with Crippen LogP contribution in [0.1, 0.15) is 41.3 Å². The second-order valence-electron chi connectivity index (χ2n) is 6.17. The van der Waals surface area contributed by atoms with Crippen LogP contribution < -0.4 is 5.32 Å². The molecule has 1 N–H and O–H groups in total. The average Bonchev–Trinajstić information content (AvgIpc) is 3.41. The van der Waals surface area contributed by atoms with E-state index in [0.29, 0.717) is 17.9 Å². The molecule has 0 fully saturated rings. The van der Waals surface area contributed by atoms with E-state index in [1.54, 1.807) is 30.5 Å². The zero-order valence-electron chi connectivity index (χ0n) is 14.6. The predicted octanol–water partition coefficient (Wildman–Crippen LogP) is 3.82. The molecule has 0 bridgehead atoms. The summed E-state index contributed by atoms with van der Waals surface area (Å²) in [6.45, 7) is 1.45. The van der Waals surface area contributed by atoms with Crippen LogP contribution in [0.25, 0.3) is 0 Å². The number of hydrogen-bond donors (Lipinski definition) is 1. The van der Waals surface area contributed by atoms with Gasteiger partial charge in [-0.15, -0.1) is 0 Å². The Morgan fingerprint density at radius 2 is 1.93 bits per heavy atom. The Balaban J connectivity index is 1.68. The van der Waals surface area contributed by atoms with Crippen molar-refractivity contribution < 1.29 is 18.4 Å². The lowest BCUT2D eigenvalue weighted by Gasteiger charge is -2.18. The lowest BCUT2D eigenvalue weighted by molar-refractivity contribution is -0.114. The van der Waals surface area contributed by atoms with Crippen LogP contribution in [-0.2, 0) is 4.79 Å². The molecular weight excluding hydrogens is 346 g/mol. The third kappa shape index (κ3) is 3.39. The number of anilines is 1. The molecule has 0 saturated heterocycles.